The summed E-state index contributed by atoms with van der Waals surface area (Å²) >= 11 is -2.06. The minimum atomic E-state index is -2.06. The number of alkyl carbamates (subject to hydrolysis) is 1. The summed E-state index contributed by atoms with van der Waals surface area (Å²) in [6, 6.07) is 13.7. The number of unbranched alkanes of at least 4 members (excludes halogenated alkanes) is 4. The zero-order valence-electron chi connectivity index (χ0n) is 17.5. The van der Waals surface area contributed by atoms with Crippen molar-refractivity contribution in [2.45, 2.75) is 58.5 Å². The van der Waals surface area contributed by atoms with Crippen LogP contribution in [0.15, 0.2) is 42.5 Å². The number of benzene rings is 2. The summed E-state index contributed by atoms with van der Waals surface area (Å²) in [7, 11) is 0. The van der Waals surface area contributed by atoms with Gasteiger partial charge in [-0.25, -0.2) is 9.00 Å². The summed E-state index contributed by atoms with van der Waals surface area (Å²) in [6.45, 7) is 6.64. The summed E-state index contributed by atoms with van der Waals surface area (Å²) < 4.78 is 28.4. The van der Waals surface area contributed by atoms with Gasteiger partial charge in [0.05, 0.1) is 5.69 Å². The number of nitrogens with one attached hydrogen (secondary N) is 1. The van der Waals surface area contributed by atoms with E-state index < -0.39 is 16.9 Å². The fraction of sp³-hybridized carbons (Fsp3) is 0.500. The molecule has 2 N–H and O–H groups in total. The molecule has 0 heterocycles. The Hall–Kier alpha value is -2.12. The van der Waals surface area contributed by atoms with Crippen LogP contribution in [-0.2, 0) is 16.0 Å². The third-order valence-electron chi connectivity index (χ3n) is 4.43. The summed E-state index contributed by atoms with van der Waals surface area (Å²) in [5.41, 5.74) is 0.304. The minimum absolute atomic E-state index is 0.381. The second-order valence-electron chi connectivity index (χ2n) is 8.03. The number of carbonyl (C=O) groups is 1. The second kappa shape index (κ2) is 11.2. The molecule has 0 spiro atoms. The molecule has 0 aromatic heterocycles. The maximum absolute atomic E-state index is 11.9. The van der Waals surface area contributed by atoms with Crippen molar-refractivity contribution >= 4 is 33.8 Å². The van der Waals surface area contributed by atoms with Gasteiger partial charge >= 0.3 is 6.09 Å². The van der Waals surface area contributed by atoms with Crippen LogP contribution in [0.2, 0.25) is 0 Å². The average molecular weight is 421 g/mol. The van der Waals surface area contributed by atoms with Gasteiger partial charge in [0.15, 0.2) is 0 Å². The van der Waals surface area contributed by atoms with Gasteiger partial charge in [0.25, 0.3) is 11.3 Å². The van der Waals surface area contributed by atoms with Crippen LogP contribution >= 0.6 is 0 Å². The lowest BCUT2D eigenvalue weighted by Gasteiger charge is -2.21. The molecule has 1 atom stereocenters. The highest BCUT2D eigenvalue weighted by Crippen LogP contribution is 2.27. The molecule has 7 heteroatoms. The number of nitrogens with zero attached hydrogens (tertiary/aromatic N) is 1. The van der Waals surface area contributed by atoms with Crippen LogP contribution in [0.3, 0.4) is 0 Å². The van der Waals surface area contributed by atoms with Gasteiger partial charge in [0, 0.05) is 18.5 Å². The highest BCUT2D eigenvalue weighted by molar-refractivity contribution is 7.80. The lowest BCUT2D eigenvalue weighted by Crippen LogP contribution is -2.32. The molecule has 0 aliphatic heterocycles. The largest absolute Gasteiger partial charge is 0.444 e. The molecular weight excluding hydrogens is 388 g/mol. The van der Waals surface area contributed by atoms with Crippen molar-refractivity contribution in [2.24, 2.45) is 0 Å². The van der Waals surface area contributed by atoms with E-state index in [9.17, 15) is 13.6 Å². The standard InChI is InChI=1S/C22H32N2O4S/c1-22(2,3)28-21(25)23-16-9-5-4-6-10-17-24(29(26)27)20-15-11-13-18-12-7-8-14-19(18)20/h7-8,11-15H,4-6,9-10,16-17H2,1-3H3,(H,23,25)(H,26,27). The molecule has 2 aromatic carbocycles. The predicted octanol–water partition coefficient (Wildman–Crippen LogP) is 5.26. The van der Waals surface area contributed by atoms with Crippen LogP contribution < -0.4 is 9.62 Å². The Morgan fingerprint density at radius 2 is 1.69 bits per heavy atom. The first kappa shape index (κ1) is 23.2. The molecule has 0 bridgehead atoms. The number of carbonyl (C=O) groups excluding carboxylic acids is 1. The molecule has 0 saturated heterocycles. The van der Waals surface area contributed by atoms with Crippen molar-refractivity contribution in [1.82, 2.24) is 5.32 Å². The van der Waals surface area contributed by atoms with E-state index in [2.05, 4.69) is 5.32 Å². The van der Waals surface area contributed by atoms with Gasteiger partial charge in [-0.3, -0.25) is 8.86 Å². The van der Waals surface area contributed by atoms with E-state index in [1.54, 1.807) is 4.31 Å². The van der Waals surface area contributed by atoms with Gasteiger partial charge in [-0.1, -0.05) is 55.7 Å². The van der Waals surface area contributed by atoms with Crippen molar-refractivity contribution in [1.29, 1.82) is 0 Å². The van der Waals surface area contributed by atoms with Gasteiger partial charge in [0.2, 0.25) is 0 Å². The molecule has 29 heavy (non-hydrogen) atoms. The minimum Gasteiger partial charge on any atom is -0.444 e. The van der Waals surface area contributed by atoms with E-state index >= 15 is 0 Å². The fourth-order valence-electron chi connectivity index (χ4n) is 3.12. The van der Waals surface area contributed by atoms with Crippen LogP contribution in [0.1, 0.15) is 52.9 Å². The average Bonchev–Trinajstić information content (AvgIpc) is 2.65. The SMILES string of the molecule is CC(C)(C)OC(=O)NCCCCCCCN(c1cccc2ccccc12)S(=O)O. The Labute approximate surface area is 176 Å². The van der Waals surface area contributed by atoms with Gasteiger partial charge in [-0.15, -0.1) is 0 Å². The third kappa shape index (κ3) is 8.03. The van der Waals surface area contributed by atoms with Crippen LogP contribution in [-0.4, -0.2) is 33.5 Å². The maximum Gasteiger partial charge on any atom is 0.407 e. The first-order chi connectivity index (χ1) is 13.8. The molecule has 0 aliphatic carbocycles. The monoisotopic (exact) mass is 420 g/mol. The van der Waals surface area contributed by atoms with Crippen LogP contribution in [0, 0.1) is 0 Å². The first-order valence-corrected chi connectivity index (χ1v) is 11.2. The molecule has 160 valence electrons. The summed E-state index contributed by atoms with van der Waals surface area (Å²) in [5, 5.41) is 4.79. The molecule has 2 aromatic rings. The molecule has 6 nitrogen and oxygen atoms in total. The molecule has 0 saturated carbocycles. The Morgan fingerprint density at radius 1 is 1.03 bits per heavy atom. The Morgan fingerprint density at radius 3 is 2.41 bits per heavy atom. The van der Waals surface area contributed by atoms with Crippen molar-refractivity contribution in [3.8, 4) is 0 Å². The topological polar surface area (TPSA) is 78.9 Å². The molecular formula is C22H32N2O4S. The van der Waals surface area contributed by atoms with Crippen LogP contribution in [0.4, 0.5) is 10.5 Å². The molecule has 0 aliphatic rings. The number of hydrogen-bond donors (Lipinski definition) is 2. The quantitative estimate of drug-likeness (QED) is 0.406. The van der Waals surface area contributed by atoms with Crippen LogP contribution in [0.5, 0.6) is 0 Å². The van der Waals surface area contributed by atoms with Crippen LogP contribution in [0.25, 0.3) is 10.8 Å². The van der Waals surface area contributed by atoms with E-state index in [0.29, 0.717) is 13.1 Å². The number of anilines is 1. The Bertz CT molecular complexity index is 815. The lowest BCUT2D eigenvalue weighted by atomic mass is 10.1. The zero-order chi connectivity index (χ0) is 21.3. The third-order valence-corrected chi connectivity index (χ3v) is 5.19. The molecule has 0 radical (unpaired) electrons. The van der Waals surface area contributed by atoms with E-state index in [1.807, 2.05) is 63.2 Å². The Balaban J connectivity index is 1.72. The van der Waals surface area contributed by atoms with Crippen molar-refractivity contribution in [2.75, 3.05) is 17.4 Å². The van der Waals surface area contributed by atoms with Crippen molar-refractivity contribution in [3.63, 3.8) is 0 Å². The predicted molar refractivity (Wildman–Crippen MR) is 119 cm³/mol. The van der Waals surface area contributed by atoms with E-state index in [1.165, 1.54) is 0 Å². The Kier molecular flexibility index (Phi) is 8.92. The summed E-state index contributed by atoms with van der Waals surface area (Å²) in [5.74, 6) is 0. The van der Waals surface area contributed by atoms with Gasteiger partial charge in [-0.2, -0.15) is 0 Å². The smallest absolute Gasteiger partial charge is 0.407 e. The maximum atomic E-state index is 11.9. The fourth-order valence-corrected chi connectivity index (χ4v) is 3.74. The normalized spacial score (nSPS) is 12.6. The molecule has 1 amide bonds. The van der Waals surface area contributed by atoms with E-state index in [4.69, 9.17) is 4.74 Å². The summed E-state index contributed by atoms with van der Waals surface area (Å²) in [4.78, 5) is 11.6. The van der Waals surface area contributed by atoms with Gasteiger partial charge in [-0.05, 0) is 45.1 Å². The molecule has 0 fully saturated rings. The van der Waals surface area contributed by atoms with Gasteiger partial charge in [0.1, 0.15) is 5.60 Å². The van der Waals surface area contributed by atoms with Gasteiger partial charge < -0.3 is 10.1 Å². The first-order valence-electron chi connectivity index (χ1n) is 10.1. The lowest BCUT2D eigenvalue weighted by molar-refractivity contribution is 0.0527. The number of amides is 1. The van der Waals surface area contributed by atoms with E-state index in [0.717, 1.165) is 48.6 Å². The second-order valence-corrected chi connectivity index (χ2v) is 8.93. The highest BCUT2D eigenvalue weighted by atomic mass is 32.2. The molecule has 2 rings (SSSR count). The molecule has 1 unspecified atom stereocenters. The van der Waals surface area contributed by atoms with Crippen molar-refractivity contribution in [3.05, 3.63) is 42.5 Å². The number of fused-ring (bicyclic) bond motifs is 1. The van der Waals surface area contributed by atoms with E-state index in [-0.39, 0.29) is 6.09 Å². The number of hydrogen-bond acceptors (Lipinski definition) is 3. The highest BCUT2D eigenvalue weighted by Gasteiger charge is 2.16. The zero-order valence-corrected chi connectivity index (χ0v) is 18.3. The van der Waals surface area contributed by atoms with Crippen molar-refractivity contribution < 1.29 is 18.3 Å². The number of rotatable bonds is 10. The number of ether oxygens (including phenoxy) is 1. The summed E-state index contributed by atoms with van der Waals surface area (Å²) in [6.07, 6.45) is 4.30.